The molecular formula is C13H8BClN2O. The van der Waals surface area contributed by atoms with E-state index in [0.717, 1.165) is 21.9 Å². The average molecular weight is 254 g/mol. The molecule has 5 heteroatoms. The van der Waals surface area contributed by atoms with Gasteiger partial charge in [0.1, 0.15) is 5.65 Å². The Labute approximate surface area is 110 Å². The van der Waals surface area contributed by atoms with Crippen LogP contribution in [0.1, 0.15) is 10.4 Å². The lowest BCUT2D eigenvalue weighted by atomic mass is 9.95. The van der Waals surface area contributed by atoms with Crippen LogP contribution in [0.4, 0.5) is 0 Å². The number of fused-ring (bicyclic) bond motifs is 3. The van der Waals surface area contributed by atoms with Crippen LogP contribution >= 0.6 is 11.6 Å². The Morgan fingerprint density at radius 2 is 2.17 bits per heavy atom. The topological polar surface area (TPSA) is 45.8 Å². The van der Waals surface area contributed by atoms with Gasteiger partial charge in [-0.1, -0.05) is 11.6 Å². The molecule has 1 N–H and O–H groups in total. The van der Waals surface area contributed by atoms with Gasteiger partial charge in [-0.25, -0.2) is 4.98 Å². The molecule has 18 heavy (non-hydrogen) atoms. The average Bonchev–Trinajstić information content (AvgIpc) is 2.75. The van der Waals surface area contributed by atoms with Crippen molar-refractivity contribution in [2.45, 2.75) is 6.32 Å². The van der Waals surface area contributed by atoms with Crippen molar-refractivity contribution in [3.63, 3.8) is 0 Å². The maximum absolute atomic E-state index is 11.6. The minimum atomic E-state index is -0.0822. The van der Waals surface area contributed by atoms with E-state index in [1.54, 1.807) is 12.3 Å². The third-order valence-corrected chi connectivity index (χ3v) is 3.13. The fraction of sp³-hybridized carbons (Fsp3) is 0.0769. The molecule has 0 bridgehead atoms. The third kappa shape index (κ3) is 1.69. The number of carbonyl (C=O) groups excluding carboxylic acids is 1. The van der Waals surface area contributed by atoms with Crippen molar-refractivity contribution in [2.75, 3.05) is 0 Å². The summed E-state index contributed by atoms with van der Waals surface area (Å²) < 4.78 is 0. The Bertz CT molecular complexity index is 766. The van der Waals surface area contributed by atoms with Crippen LogP contribution in [0.25, 0.3) is 21.9 Å². The number of H-pyrrole nitrogens is 1. The van der Waals surface area contributed by atoms with E-state index in [1.807, 2.05) is 18.2 Å². The fourth-order valence-electron chi connectivity index (χ4n) is 2.04. The minimum absolute atomic E-state index is 0.00681. The monoisotopic (exact) mass is 254 g/mol. The number of aromatic amines is 1. The SMILES string of the molecule is [B]CC(=O)c1ccc2[nH]c3ncc(Cl)cc3c2c1. The number of rotatable bonds is 2. The molecule has 0 spiro atoms. The molecule has 0 amide bonds. The van der Waals surface area contributed by atoms with Gasteiger partial charge in [0.25, 0.3) is 0 Å². The van der Waals surface area contributed by atoms with Crippen molar-refractivity contribution in [1.82, 2.24) is 9.97 Å². The van der Waals surface area contributed by atoms with Gasteiger partial charge in [0.2, 0.25) is 0 Å². The quantitative estimate of drug-likeness (QED) is 0.564. The van der Waals surface area contributed by atoms with E-state index in [1.165, 1.54) is 0 Å². The summed E-state index contributed by atoms with van der Waals surface area (Å²) in [6.45, 7) is 0. The zero-order valence-corrected chi connectivity index (χ0v) is 10.2. The van der Waals surface area contributed by atoms with Crippen molar-refractivity contribution in [1.29, 1.82) is 0 Å². The molecule has 3 nitrogen and oxygen atoms in total. The van der Waals surface area contributed by atoms with Gasteiger partial charge in [0.15, 0.2) is 5.78 Å². The highest BCUT2D eigenvalue weighted by molar-refractivity contribution is 6.31. The largest absolute Gasteiger partial charge is 0.339 e. The van der Waals surface area contributed by atoms with Crippen molar-refractivity contribution >= 4 is 47.2 Å². The Kier molecular flexibility index (Phi) is 2.60. The molecule has 0 aliphatic rings. The third-order valence-electron chi connectivity index (χ3n) is 2.92. The molecule has 0 atom stereocenters. The smallest absolute Gasteiger partial charge is 0.154 e. The Morgan fingerprint density at radius 3 is 2.94 bits per heavy atom. The molecule has 0 fully saturated rings. The first-order chi connectivity index (χ1) is 8.69. The Morgan fingerprint density at radius 1 is 1.33 bits per heavy atom. The molecule has 1 aromatic carbocycles. The Balaban J connectivity index is 2.34. The van der Waals surface area contributed by atoms with Crippen LogP contribution in [0, 0.1) is 0 Å². The van der Waals surface area contributed by atoms with E-state index >= 15 is 0 Å². The number of carbonyl (C=O) groups is 1. The number of halogens is 1. The summed E-state index contributed by atoms with van der Waals surface area (Å²) in [4.78, 5) is 19.0. The van der Waals surface area contributed by atoms with Gasteiger partial charge in [-0.15, -0.1) is 0 Å². The number of hydrogen-bond acceptors (Lipinski definition) is 2. The van der Waals surface area contributed by atoms with E-state index < -0.39 is 0 Å². The summed E-state index contributed by atoms with van der Waals surface area (Å²) in [7, 11) is 5.37. The maximum Gasteiger partial charge on any atom is 0.154 e. The molecule has 3 aromatic rings. The molecule has 2 heterocycles. The highest BCUT2D eigenvalue weighted by Gasteiger charge is 2.09. The summed E-state index contributed by atoms with van der Waals surface area (Å²) in [5.74, 6) is -0.0822. The summed E-state index contributed by atoms with van der Waals surface area (Å²) in [6, 6.07) is 7.27. The molecule has 2 aromatic heterocycles. The van der Waals surface area contributed by atoms with E-state index in [2.05, 4.69) is 9.97 Å². The number of benzene rings is 1. The van der Waals surface area contributed by atoms with Crippen LogP contribution in [-0.2, 0) is 0 Å². The highest BCUT2D eigenvalue weighted by atomic mass is 35.5. The lowest BCUT2D eigenvalue weighted by Crippen LogP contribution is -1.96. The minimum Gasteiger partial charge on any atom is -0.339 e. The molecule has 0 saturated carbocycles. The van der Waals surface area contributed by atoms with Gasteiger partial charge >= 0.3 is 0 Å². The van der Waals surface area contributed by atoms with E-state index in [-0.39, 0.29) is 12.1 Å². The number of hydrogen-bond donors (Lipinski definition) is 1. The van der Waals surface area contributed by atoms with Crippen LogP contribution < -0.4 is 0 Å². The second-order valence-electron chi connectivity index (χ2n) is 4.06. The summed E-state index contributed by atoms with van der Waals surface area (Å²) >= 11 is 5.94. The van der Waals surface area contributed by atoms with E-state index in [9.17, 15) is 4.79 Å². The number of nitrogens with one attached hydrogen (secondary N) is 1. The van der Waals surface area contributed by atoms with Crippen molar-refractivity contribution in [2.24, 2.45) is 0 Å². The van der Waals surface area contributed by atoms with Crippen LogP contribution in [0.15, 0.2) is 30.5 Å². The second kappa shape index (κ2) is 4.14. The van der Waals surface area contributed by atoms with E-state index in [4.69, 9.17) is 19.4 Å². The van der Waals surface area contributed by atoms with Gasteiger partial charge in [-0.3, -0.25) is 4.79 Å². The summed E-state index contributed by atoms with van der Waals surface area (Å²) in [6.07, 6.45) is 1.60. The number of aromatic nitrogens is 2. The molecule has 0 aliphatic heterocycles. The Hall–Kier alpha value is -1.81. The molecule has 0 saturated heterocycles. The van der Waals surface area contributed by atoms with Gasteiger partial charge in [0.05, 0.1) is 12.9 Å². The maximum atomic E-state index is 11.6. The van der Waals surface area contributed by atoms with Crippen molar-refractivity contribution < 1.29 is 4.79 Å². The van der Waals surface area contributed by atoms with Gasteiger partial charge < -0.3 is 4.98 Å². The summed E-state index contributed by atoms with van der Waals surface area (Å²) in [5, 5.41) is 2.41. The van der Waals surface area contributed by atoms with Crippen LogP contribution in [0.2, 0.25) is 11.3 Å². The number of Topliss-reactive ketones (excluding diaryl/α,β-unsaturated/α-hetero) is 1. The molecule has 0 unspecified atom stereocenters. The van der Waals surface area contributed by atoms with Gasteiger partial charge in [-0.05, 0) is 30.6 Å². The second-order valence-corrected chi connectivity index (χ2v) is 4.50. The first-order valence-electron chi connectivity index (χ1n) is 5.49. The molecule has 86 valence electrons. The zero-order chi connectivity index (χ0) is 12.7. The highest BCUT2D eigenvalue weighted by Crippen LogP contribution is 2.27. The lowest BCUT2D eigenvalue weighted by Gasteiger charge is -1.98. The predicted octanol–water partition coefficient (Wildman–Crippen LogP) is 3.14. The lowest BCUT2D eigenvalue weighted by molar-refractivity contribution is 0.101. The van der Waals surface area contributed by atoms with Crippen LogP contribution in [0.3, 0.4) is 0 Å². The number of nitrogens with zero attached hydrogens (tertiary/aromatic N) is 1. The first-order valence-corrected chi connectivity index (χ1v) is 5.87. The predicted molar refractivity (Wildman–Crippen MR) is 73.5 cm³/mol. The standard InChI is InChI=1S/C13H8BClN2O/c14-5-12(18)7-1-2-11-9(3-7)10-4-8(15)6-16-13(10)17-11/h1-4,6H,5H2,(H,16,17). The molecule has 2 radical (unpaired) electrons. The fourth-order valence-corrected chi connectivity index (χ4v) is 2.20. The van der Waals surface area contributed by atoms with Gasteiger partial charge in [-0.2, -0.15) is 0 Å². The van der Waals surface area contributed by atoms with Crippen molar-refractivity contribution in [3.8, 4) is 0 Å². The van der Waals surface area contributed by atoms with Crippen LogP contribution in [0.5, 0.6) is 0 Å². The van der Waals surface area contributed by atoms with Gasteiger partial charge in [0, 0.05) is 28.0 Å². The summed E-state index contributed by atoms with van der Waals surface area (Å²) in [5.41, 5.74) is 2.28. The number of ketones is 1. The van der Waals surface area contributed by atoms with Crippen molar-refractivity contribution in [3.05, 3.63) is 41.0 Å². The van der Waals surface area contributed by atoms with Crippen LogP contribution in [-0.4, -0.2) is 23.6 Å². The molecule has 0 aliphatic carbocycles. The normalized spacial score (nSPS) is 11.2. The molecule has 3 rings (SSSR count). The van der Waals surface area contributed by atoms with E-state index in [0.29, 0.717) is 10.6 Å². The zero-order valence-electron chi connectivity index (χ0n) is 9.40. The molecular weight excluding hydrogens is 246 g/mol. The number of pyridine rings is 1. The first kappa shape index (κ1) is 11.3.